The number of amides is 1. The average Bonchev–Trinajstić information content (AvgIpc) is 2.50. The lowest BCUT2D eigenvalue weighted by Crippen LogP contribution is -2.54. The summed E-state index contributed by atoms with van der Waals surface area (Å²) in [6, 6.07) is 5.31. The molecular formula is C17H24Cl2N2O. The highest BCUT2D eigenvalue weighted by molar-refractivity contribution is 6.36. The molecule has 22 heavy (non-hydrogen) atoms. The Hall–Kier alpha value is -0.770. The van der Waals surface area contributed by atoms with Crippen molar-refractivity contribution in [2.75, 3.05) is 20.6 Å². The lowest BCUT2D eigenvalue weighted by Gasteiger charge is -2.43. The molecule has 0 radical (unpaired) electrons. The molecule has 0 atom stereocenters. The summed E-state index contributed by atoms with van der Waals surface area (Å²) in [5.74, 6) is -0.0261. The van der Waals surface area contributed by atoms with Crippen LogP contribution < -0.4 is 5.32 Å². The molecule has 2 rings (SSSR count). The summed E-state index contributed by atoms with van der Waals surface area (Å²) in [4.78, 5) is 14.5. The third-order valence-electron chi connectivity index (χ3n) is 4.75. The normalized spacial score (nSPS) is 17.5. The number of benzene rings is 1. The molecule has 0 bridgehead atoms. The molecule has 1 fully saturated rings. The monoisotopic (exact) mass is 342 g/mol. The lowest BCUT2D eigenvalue weighted by atomic mass is 9.80. The van der Waals surface area contributed by atoms with E-state index in [-0.39, 0.29) is 17.9 Å². The van der Waals surface area contributed by atoms with Gasteiger partial charge < -0.3 is 10.2 Å². The van der Waals surface area contributed by atoms with Crippen LogP contribution in [0, 0.1) is 0 Å². The van der Waals surface area contributed by atoms with E-state index >= 15 is 0 Å². The number of likely N-dealkylation sites (N-methyl/N-ethyl adjacent to an activating group) is 1. The Balaban J connectivity index is 1.97. The average molecular weight is 343 g/mol. The summed E-state index contributed by atoms with van der Waals surface area (Å²) >= 11 is 12.3. The Morgan fingerprint density at radius 3 is 2.32 bits per heavy atom. The van der Waals surface area contributed by atoms with Gasteiger partial charge in [0.2, 0.25) is 5.91 Å². The van der Waals surface area contributed by atoms with Crippen LogP contribution >= 0.6 is 23.2 Å². The van der Waals surface area contributed by atoms with Crippen molar-refractivity contribution in [2.45, 2.75) is 44.1 Å². The van der Waals surface area contributed by atoms with Gasteiger partial charge >= 0.3 is 0 Å². The maximum atomic E-state index is 12.3. The number of nitrogens with zero attached hydrogens (tertiary/aromatic N) is 1. The molecule has 1 saturated carbocycles. The first-order chi connectivity index (χ1) is 10.4. The van der Waals surface area contributed by atoms with E-state index in [1.807, 2.05) is 0 Å². The van der Waals surface area contributed by atoms with Gasteiger partial charge in [-0.15, -0.1) is 0 Å². The van der Waals surface area contributed by atoms with Crippen LogP contribution in [0.15, 0.2) is 18.2 Å². The van der Waals surface area contributed by atoms with E-state index in [0.717, 1.165) is 12.8 Å². The first-order valence-corrected chi connectivity index (χ1v) is 8.57. The van der Waals surface area contributed by atoms with Gasteiger partial charge in [0, 0.05) is 22.1 Å². The number of carbonyl (C=O) groups excluding carboxylic acids is 1. The second-order valence-electron chi connectivity index (χ2n) is 6.33. The minimum Gasteiger partial charge on any atom is -0.354 e. The molecule has 5 heteroatoms. The Morgan fingerprint density at radius 2 is 1.77 bits per heavy atom. The first kappa shape index (κ1) is 17.6. The van der Waals surface area contributed by atoms with Crippen LogP contribution in [0.3, 0.4) is 0 Å². The quantitative estimate of drug-likeness (QED) is 0.879. The highest BCUT2D eigenvalue weighted by Crippen LogP contribution is 2.31. The Bertz CT molecular complexity index is 505. The summed E-state index contributed by atoms with van der Waals surface area (Å²) in [6.45, 7) is 0.681. The van der Waals surface area contributed by atoms with E-state index in [4.69, 9.17) is 23.2 Å². The zero-order chi connectivity index (χ0) is 16.2. The molecule has 122 valence electrons. The van der Waals surface area contributed by atoms with Gasteiger partial charge in [0.1, 0.15) is 0 Å². The predicted octanol–water partition coefficient (Wildman–Crippen LogP) is 3.92. The van der Waals surface area contributed by atoms with Crippen LogP contribution in [-0.4, -0.2) is 37.0 Å². The molecule has 1 aliphatic carbocycles. The molecule has 0 aliphatic heterocycles. The van der Waals surface area contributed by atoms with Gasteiger partial charge in [-0.05, 0) is 44.6 Å². The van der Waals surface area contributed by atoms with E-state index in [9.17, 15) is 4.79 Å². The Kier molecular flexibility index (Phi) is 6.13. The van der Waals surface area contributed by atoms with Crippen molar-refractivity contribution < 1.29 is 4.79 Å². The topological polar surface area (TPSA) is 32.3 Å². The van der Waals surface area contributed by atoms with Crippen LogP contribution in [0.4, 0.5) is 0 Å². The van der Waals surface area contributed by atoms with Gasteiger partial charge in [-0.25, -0.2) is 0 Å². The Labute approximate surface area is 143 Å². The van der Waals surface area contributed by atoms with Crippen molar-refractivity contribution in [3.63, 3.8) is 0 Å². The van der Waals surface area contributed by atoms with Gasteiger partial charge in [-0.2, -0.15) is 0 Å². The van der Waals surface area contributed by atoms with Crippen molar-refractivity contribution in [1.82, 2.24) is 10.2 Å². The third kappa shape index (κ3) is 4.15. The molecule has 1 aromatic rings. The van der Waals surface area contributed by atoms with E-state index in [1.165, 1.54) is 19.3 Å². The van der Waals surface area contributed by atoms with Gasteiger partial charge in [0.05, 0.1) is 6.42 Å². The molecule has 0 saturated heterocycles. The number of nitrogens with one attached hydrogen (secondary N) is 1. The summed E-state index contributed by atoms with van der Waals surface area (Å²) in [5.41, 5.74) is 0.781. The maximum absolute atomic E-state index is 12.3. The van der Waals surface area contributed by atoms with Crippen LogP contribution in [0.1, 0.15) is 37.7 Å². The fourth-order valence-electron chi connectivity index (χ4n) is 3.18. The van der Waals surface area contributed by atoms with Crippen molar-refractivity contribution in [1.29, 1.82) is 0 Å². The SMILES string of the molecule is CN(C)C1(CNC(=O)Cc2c(Cl)cccc2Cl)CCCCC1. The van der Waals surface area contributed by atoms with Crippen LogP contribution in [0.5, 0.6) is 0 Å². The van der Waals surface area contributed by atoms with Crippen molar-refractivity contribution in [3.8, 4) is 0 Å². The molecule has 1 aromatic carbocycles. The van der Waals surface area contributed by atoms with E-state index in [2.05, 4.69) is 24.3 Å². The molecule has 1 amide bonds. The number of carbonyl (C=O) groups is 1. The number of halogens is 2. The van der Waals surface area contributed by atoms with Gasteiger partial charge in [0.25, 0.3) is 0 Å². The second kappa shape index (κ2) is 7.67. The van der Waals surface area contributed by atoms with E-state index in [1.54, 1.807) is 18.2 Å². The minimum atomic E-state index is -0.0261. The summed E-state index contributed by atoms with van der Waals surface area (Å²) in [7, 11) is 4.20. The highest BCUT2D eigenvalue weighted by atomic mass is 35.5. The number of hydrogen-bond acceptors (Lipinski definition) is 2. The highest BCUT2D eigenvalue weighted by Gasteiger charge is 2.34. The fraction of sp³-hybridized carbons (Fsp3) is 0.588. The van der Waals surface area contributed by atoms with E-state index < -0.39 is 0 Å². The zero-order valence-corrected chi connectivity index (χ0v) is 14.8. The summed E-state index contributed by atoms with van der Waals surface area (Å²) in [5, 5.41) is 4.17. The van der Waals surface area contributed by atoms with E-state index in [0.29, 0.717) is 22.2 Å². The minimum absolute atomic E-state index is 0.0261. The molecule has 1 aliphatic rings. The molecule has 0 unspecified atom stereocenters. The van der Waals surface area contributed by atoms with Gasteiger partial charge in [0.15, 0.2) is 0 Å². The van der Waals surface area contributed by atoms with Crippen molar-refractivity contribution in [2.24, 2.45) is 0 Å². The second-order valence-corrected chi connectivity index (χ2v) is 7.15. The molecule has 0 aromatic heterocycles. The van der Waals surface area contributed by atoms with Crippen LogP contribution in [0.25, 0.3) is 0 Å². The van der Waals surface area contributed by atoms with Crippen LogP contribution in [0.2, 0.25) is 10.0 Å². The van der Waals surface area contributed by atoms with Crippen molar-refractivity contribution >= 4 is 29.1 Å². The zero-order valence-electron chi connectivity index (χ0n) is 13.3. The molecule has 0 heterocycles. The van der Waals surface area contributed by atoms with Gasteiger partial charge in [-0.1, -0.05) is 48.5 Å². The third-order valence-corrected chi connectivity index (χ3v) is 5.45. The molecule has 0 spiro atoms. The maximum Gasteiger partial charge on any atom is 0.224 e. The van der Waals surface area contributed by atoms with Crippen LogP contribution in [-0.2, 0) is 11.2 Å². The smallest absolute Gasteiger partial charge is 0.224 e. The standard InChI is InChI=1S/C17H24Cl2N2O/c1-21(2)17(9-4-3-5-10-17)12-20-16(22)11-13-14(18)7-6-8-15(13)19/h6-8H,3-5,9-12H2,1-2H3,(H,20,22). The number of hydrogen-bond donors (Lipinski definition) is 1. The predicted molar refractivity (Wildman–Crippen MR) is 92.7 cm³/mol. The summed E-state index contributed by atoms with van der Waals surface area (Å²) < 4.78 is 0. The first-order valence-electron chi connectivity index (χ1n) is 7.82. The lowest BCUT2D eigenvalue weighted by molar-refractivity contribution is -0.121. The summed E-state index contributed by atoms with van der Waals surface area (Å²) in [6.07, 6.45) is 6.23. The number of rotatable bonds is 5. The van der Waals surface area contributed by atoms with Crippen molar-refractivity contribution in [3.05, 3.63) is 33.8 Å². The Morgan fingerprint density at radius 1 is 1.18 bits per heavy atom. The fourth-order valence-corrected chi connectivity index (χ4v) is 3.71. The molecule has 1 N–H and O–H groups in total. The molecular weight excluding hydrogens is 319 g/mol. The van der Waals surface area contributed by atoms with Gasteiger partial charge in [-0.3, -0.25) is 4.79 Å². The molecule has 3 nitrogen and oxygen atoms in total. The largest absolute Gasteiger partial charge is 0.354 e.